The minimum atomic E-state index is -0.492. The molecule has 1 amide bonds. The highest BCUT2D eigenvalue weighted by atomic mass is 32.2. The maximum atomic E-state index is 12.9. The van der Waals surface area contributed by atoms with Crippen LogP contribution in [-0.4, -0.2) is 40.6 Å². The number of benzene rings is 1. The summed E-state index contributed by atoms with van der Waals surface area (Å²) < 4.78 is 5.51. The van der Waals surface area contributed by atoms with Crippen LogP contribution in [0.25, 0.3) is 0 Å². The van der Waals surface area contributed by atoms with E-state index < -0.39 is 12.0 Å². The topological polar surface area (TPSA) is 59.0 Å². The van der Waals surface area contributed by atoms with Crippen molar-refractivity contribution in [3.05, 3.63) is 41.1 Å². The average molecular weight is 405 g/mol. The van der Waals surface area contributed by atoms with E-state index in [2.05, 4.69) is 4.99 Å². The third-order valence-electron chi connectivity index (χ3n) is 4.41. The summed E-state index contributed by atoms with van der Waals surface area (Å²) in [6, 6.07) is 7.50. The predicted octanol–water partition coefficient (Wildman–Crippen LogP) is 4.26. The number of amides is 1. The lowest BCUT2D eigenvalue weighted by Gasteiger charge is -2.39. The second-order valence-electron chi connectivity index (χ2n) is 6.92. The van der Waals surface area contributed by atoms with Crippen molar-refractivity contribution in [2.45, 2.75) is 38.1 Å². The number of carbonyl (C=O) groups excluding carboxylic acids is 2. The number of carbonyl (C=O) groups is 2. The van der Waals surface area contributed by atoms with Crippen LogP contribution in [0.2, 0.25) is 0 Å². The molecule has 0 N–H and O–H groups in total. The number of fused-ring (bicyclic) bond motifs is 1. The second-order valence-corrected chi connectivity index (χ2v) is 8.87. The lowest BCUT2D eigenvalue weighted by molar-refractivity contribution is -0.141. The third kappa shape index (κ3) is 4.24. The third-order valence-corrected chi connectivity index (χ3v) is 6.10. The van der Waals surface area contributed by atoms with Crippen LogP contribution >= 0.6 is 23.5 Å². The van der Waals surface area contributed by atoms with E-state index in [1.165, 1.54) is 0 Å². The van der Waals surface area contributed by atoms with Gasteiger partial charge in [0.05, 0.1) is 23.9 Å². The zero-order valence-electron chi connectivity index (χ0n) is 16.0. The molecule has 2 aliphatic heterocycles. The molecule has 1 atom stereocenters. The van der Waals surface area contributed by atoms with Crippen LogP contribution in [0.15, 0.2) is 45.4 Å². The Kier molecular flexibility index (Phi) is 6.32. The molecule has 0 saturated carbocycles. The summed E-state index contributed by atoms with van der Waals surface area (Å²) >= 11 is 3.21. The molecule has 0 aliphatic carbocycles. The first-order chi connectivity index (χ1) is 12.9. The van der Waals surface area contributed by atoms with Gasteiger partial charge in [0, 0.05) is 17.1 Å². The Morgan fingerprint density at radius 3 is 2.70 bits per heavy atom. The van der Waals surface area contributed by atoms with E-state index in [1.807, 2.05) is 51.3 Å². The highest BCUT2D eigenvalue weighted by Gasteiger charge is 2.41. The van der Waals surface area contributed by atoms with Crippen LogP contribution in [0.1, 0.15) is 38.8 Å². The monoisotopic (exact) mass is 404 g/mol. The van der Waals surface area contributed by atoms with Crippen LogP contribution in [0.4, 0.5) is 0 Å². The summed E-state index contributed by atoms with van der Waals surface area (Å²) in [7, 11) is 0. The van der Waals surface area contributed by atoms with Crippen LogP contribution in [0, 0.1) is 5.92 Å². The number of amidine groups is 1. The number of esters is 1. The average Bonchev–Trinajstić information content (AvgIpc) is 2.65. The Hall–Kier alpha value is -1.73. The Balaban J connectivity index is 2.05. The Morgan fingerprint density at radius 2 is 2.07 bits per heavy atom. The van der Waals surface area contributed by atoms with Crippen LogP contribution < -0.4 is 0 Å². The molecule has 3 rings (SSSR count). The van der Waals surface area contributed by atoms with Crippen LogP contribution in [0.5, 0.6) is 0 Å². The molecule has 0 radical (unpaired) electrons. The predicted molar refractivity (Wildman–Crippen MR) is 111 cm³/mol. The molecule has 2 heterocycles. The molecule has 0 bridgehead atoms. The number of ether oxygens (including phenoxy) is 1. The van der Waals surface area contributed by atoms with Crippen molar-refractivity contribution in [2.24, 2.45) is 10.9 Å². The normalized spacial score (nSPS) is 19.9. The molecule has 144 valence electrons. The van der Waals surface area contributed by atoms with E-state index >= 15 is 0 Å². The molecule has 0 aromatic heterocycles. The molecule has 1 saturated heterocycles. The number of nitrogens with zero attached hydrogens (tertiary/aromatic N) is 2. The first-order valence-corrected chi connectivity index (χ1v) is 11.2. The van der Waals surface area contributed by atoms with Gasteiger partial charge in [-0.2, -0.15) is 0 Å². The lowest BCUT2D eigenvalue weighted by Crippen LogP contribution is -2.45. The fraction of sp³-hybridized carbons (Fsp3) is 0.450. The molecular formula is C20H24N2O3S2. The van der Waals surface area contributed by atoms with Gasteiger partial charge in [0.2, 0.25) is 5.91 Å². The smallest absolute Gasteiger partial charge is 0.338 e. The van der Waals surface area contributed by atoms with Gasteiger partial charge in [-0.25, -0.2) is 9.79 Å². The van der Waals surface area contributed by atoms with Crippen molar-refractivity contribution < 1.29 is 14.3 Å². The van der Waals surface area contributed by atoms with Gasteiger partial charge >= 0.3 is 5.97 Å². The molecule has 1 aromatic rings. The van der Waals surface area contributed by atoms with Crippen molar-refractivity contribution in [1.29, 1.82) is 0 Å². The van der Waals surface area contributed by atoms with E-state index in [0.717, 1.165) is 10.5 Å². The lowest BCUT2D eigenvalue weighted by atomic mass is 9.94. The van der Waals surface area contributed by atoms with Gasteiger partial charge in [-0.15, -0.1) is 11.8 Å². The van der Waals surface area contributed by atoms with Crippen molar-refractivity contribution >= 4 is 40.6 Å². The first kappa shape index (κ1) is 20.0. The molecule has 0 spiro atoms. The standard InChI is InChI=1S/C20H24N2O3S2/c1-12(2)11-25-19(24)17-13(3)21-20-22(16(23)9-10-27-20)18(17)14-5-7-15(26-4)8-6-14/h5-8,12,18H,9-11H2,1-4H3. The summed E-state index contributed by atoms with van der Waals surface area (Å²) in [6.45, 7) is 6.15. The Morgan fingerprint density at radius 1 is 1.37 bits per heavy atom. The number of hydrogen-bond acceptors (Lipinski definition) is 6. The van der Waals surface area contributed by atoms with E-state index in [0.29, 0.717) is 35.2 Å². The highest BCUT2D eigenvalue weighted by Crippen LogP contribution is 2.40. The number of thioether (sulfide) groups is 2. The second kappa shape index (κ2) is 8.52. The van der Waals surface area contributed by atoms with Gasteiger partial charge < -0.3 is 4.74 Å². The summed E-state index contributed by atoms with van der Waals surface area (Å²) in [5, 5.41) is 0.670. The quantitative estimate of drug-likeness (QED) is 0.542. The van der Waals surface area contributed by atoms with Gasteiger partial charge in [0.15, 0.2) is 5.17 Å². The van der Waals surface area contributed by atoms with E-state index in [1.54, 1.807) is 28.4 Å². The van der Waals surface area contributed by atoms with Gasteiger partial charge in [0.25, 0.3) is 0 Å². The van der Waals surface area contributed by atoms with Gasteiger partial charge in [-0.3, -0.25) is 9.69 Å². The highest BCUT2D eigenvalue weighted by molar-refractivity contribution is 8.14. The molecular weight excluding hydrogens is 380 g/mol. The fourth-order valence-corrected chi connectivity index (χ4v) is 4.49. The summed E-state index contributed by atoms with van der Waals surface area (Å²) in [6.07, 6.45) is 2.46. The number of rotatable bonds is 5. The summed E-state index contributed by atoms with van der Waals surface area (Å²) in [4.78, 5) is 33.0. The summed E-state index contributed by atoms with van der Waals surface area (Å²) in [5.74, 6) is 0.551. The zero-order valence-corrected chi connectivity index (χ0v) is 17.7. The maximum Gasteiger partial charge on any atom is 0.338 e. The SMILES string of the molecule is CSc1ccc(C2C(C(=O)OCC(C)C)=C(C)N=C3SCCC(=O)N32)cc1. The van der Waals surface area contributed by atoms with Crippen molar-refractivity contribution in [3.63, 3.8) is 0 Å². The zero-order chi connectivity index (χ0) is 19.6. The molecule has 5 nitrogen and oxygen atoms in total. The largest absolute Gasteiger partial charge is 0.462 e. The number of allylic oxidation sites excluding steroid dienone is 1. The Labute approximate surface area is 168 Å². The summed E-state index contributed by atoms with van der Waals surface area (Å²) in [5.41, 5.74) is 1.97. The molecule has 1 aromatic carbocycles. The molecule has 27 heavy (non-hydrogen) atoms. The molecule has 1 unspecified atom stereocenters. The molecule has 7 heteroatoms. The van der Waals surface area contributed by atoms with Crippen LogP contribution in [-0.2, 0) is 14.3 Å². The Bertz CT molecular complexity index is 800. The van der Waals surface area contributed by atoms with Crippen molar-refractivity contribution in [1.82, 2.24) is 4.90 Å². The van der Waals surface area contributed by atoms with E-state index in [9.17, 15) is 9.59 Å². The number of aliphatic imine (C=N–C) groups is 1. The van der Waals surface area contributed by atoms with Crippen LogP contribution in [0.3, 0.4) is 0 Å². The van der Waals surface area contributed by atoms with E-state index in [4.69, 9.17) is 4.74 Å². The number of hydrogen-bond donors (Lipinski definition) is 0. The first-order valence-electron chi connectivity index (χ1n) is 8.97. The minimum Gasteiger partial charge on any atom is -0.462 e. The molecule has 2 aliphatic rings. The van der Waals surface area contributed by atoms with Gasteiger partial charge in [-0.05, 0) is 36.8 Å². The van der Waals surface area contributed by atoms with Gasteiger partial charge in [-0.1, -0.05) is 37.7 Å². The maximum absolute atomic E-state index is 12.9. The van der Waals surface area contributed by atoms with Gasteiger partial charge in [0.1, 0.15) is 0 Å². The van der Waals surface area contributed by atoms with Crippen molar-refractivity contribution in [2.75, 3.05) is 18.6 Å². The fourth-order valence-electron chi connectivity index (χ4n) is 3.08. The van der Waals surface area contributed by atoms with E-state index in [-0.39, 0.29) is 11.8 Å². The van der Waals surface area contributed by atoms with Crippen molar-refractivity contribution in [3.8, 4) is 0 Å². The molecule has 1 fully saturated rings. The minimum absolute atomic E-state index is 0.00639.